The van der Waals surface area contributed by atoms with Crippen LogP contribution in [0.15, 0.2) is 42.6 Å². The highest BCUT2D eigenvalue weighted by Gasteiger charge is 2.26. The summed E-state index contributed by atoms with van der Waals surface area (Å²) in [5, 5.41) is 2.83. The minimum absolute atomic E-state index is 0.293. The van der Waals surface area contributed by atoms with Gasteiger partial charge in [-0.05, 0) is 30.3 Å². The van der Waals surface area contributed by atoms with Gasteiger partial charge in [-0.25, -0.2) is 4.98 Å². The molecule has 0 spiro atoms. The molecule has 1 fully saturated rings. The molecule has 1 aromatic carbocycles. The number of amides is 2. The number of benzene rings is 1. The van der Waals surface area contributed by atoms with Crippen molar-refractivity contribution >= 4 is 40.6 Å². The predicted molar refractivity (Wildman–Crippen MR) is 97.5 cm³/mol. The summed E-state index contributed by atoms with van der Waals surface area (Å²) in [6.45, 7) is 2.16. The minimum atomic E-state index is -0.710. The number of carbonyl (C=O) groups excluding carboxylic acids is 2. The number of piperazine rings is 1. The number of hydrogen-bond donors (Lipinski definition) is 2. The highest BCUT2D eigenvalue weighted by atomic mass is 35.5. The summed E-state index contributed by atoms with van der Waals surface area (Å²) in [6, 6.07) is 10.4. The van der Waals surface area contributed by atoms with Gasteiger partial charge in [0, 0.05) is 38.1 Å². The van der Waals surface area contributed by atoms with E-state index < -0.39 is 11.8 Å². The third kappa shape index (κ3) is 4.00. The van der Waals surface area contributed by atoms with E-state index in [4.69, 9.17) is 17.3 Å². The number of aromatic nitrogens is 1. The second-order valence-electron chi connectivity index (χ2n) is 5.66. The molecule has 0 radical (unpaired) electrons. The topological polar surface area (TPSA) is 91.6 Å². The van der Waals surface area contributed by atoms with E-state index in [1.807, 2.05) is 18.2 Å². The van der Waals surface area contributed by atoms with E-state index in [9.17, 15) is 9.59 Å². The zero-order valence-corrected chi connectivity index (χ0v) is 14.2. The van der Waals surface area contributed by atoms with Crippen LogP contribution in [0.1, 0.15) is 0 Å². The lowest BCUT2D eigenvalue weighted by atomic mass is 10.2. The van der Waals surface area contributed by atoms with Gasteiger partial charge >= 0.3 is 11.8 Å². The fraction of sp³-hybridized carbons (Fsp3) is 0.235. The van der Waals surface area contributed by atoms with Crippen LogP contribution in [0.3, 0.4) is 0 Å². The zero-order chi connectivity index (χ0) is 17.8. The van der Waals surface area contributed by atoms with Gasteiger partial charge in [0.1, 0.15) is 5.82 Å². The Hall–Kier alpha value is -2.80. The Morgan fingerprint density at radius 3 is 2.52 bits per heavy atom. The molecule has 130 valence electrons. The molecule has 7 nitrogen and oxygen atoms in total. The largest absolute Gasteiger partial charge is 0.399 e. The fourth-order valence-corrected chi connectivity index (χ4v) is 2.87. The smallest absolute Gasteiger partial charge is 0.313 e. The Kier molecular flexibility index (Phi) is 5.04. The van der Waals surface area contributed by atoms with E-state index in [0.717, 1.165) is 5.82 Å². The number of hydrogen-bond acceptors (Lipinski definition) is 5. The van der Waals surface area contributed by atoms with Crippen molar-refractivity contribution in [2.75, 3.05) is 42.1 Å². The van der Waals surface area contributed by atoms with Gasteiger partial charge in [0.15, 0.2) is 0 Å². The number of nitrogen functional groups attached to an aromatic ring is 1. The zero-order valence-electron chi connectivity index (χ0n) is 13.5. The average Bonchev–Trinajstić information content (AvgIpc) is 2.64. The Morgan fingerprint density at radius 1 is 1.12 bits per heavy atom. The standard InChI is InChI=1S/C17H18ClN5O2/c18-13-11-12(19)4-5-14(13)21-16(24)17(25)23-9-7-22(8-10-23)15-3-1-2-6-20-15/h1-6,11H,7-10,19H2,(H,21,24). The van der Waals surface area contributed by atoms with Crippen LogP contribution in [0.2, 0.25) is 5.02 Å². The van der Waals surface area contributed by atoms with Gasteiger partial charge in [-0.2, -0.15) is 0 Å². The van der Waals surface area contributed by atoms with Crippen molar-refractivity contribution < 1.29 is 9.59 Å². The number of carbonyl (C=O) groups is 2. The summed E-state index contributed by atoms with van der Waals surface area (Å²) in [5.41, 5.74) is 6.46. The maximum atomic E-state index is 12.3. The molecule has 0 saturated carbocycles. The van der Waals surface area contributed by atoms with Crippen molar-refractivity contribution in [3.05, 3.63) is 47.6 Å². The molecule has 1 aromatic heterocycles. The number of rotatable bonds is 2. The first-order valence-corrected chi connectivity index (χ1v) is 8.23. The monoisotopic (exact) mass is 359 g/mol. The molecule has 1 aliphatic heterocycles. The Balaban J connectivity index is 1.57. The van der Waals surface area contributed by atoms with Gasteiger partial charge < -0.3 is 20.9 Å². The molecular formula is C17H18ClN5O2. The second kappa shape index (κ2) is 7.40. The van der Waals surface area contributed by atoms with Gasteiger partial charge in [0.25, 0.3) is 0 Å². The summed E-state index contributed by atoms with van der Waals surface area (Å²) >= 11 is 6.02. The van der Waals surface area contributed by atoms with Gasteiger partial charge in [0.05, 0.1) is 10.7 Å². The molecule has 0 aliphatic carbocycles. The van der Waals surface area contributed by atoms with E-state index in [1.165, 1.54) is 11.0 Å². The number of nitrogens with one attached hydrogen (secondary N) is 1. The van der Waals surface area contributed by atoms with E-state index in [1.54, 1.807) is 18.3 Å². The normalized spacial score (nSPS) is 14.3. The molecule has 2 amide bonds. The maximum absolute atomic E-state index is 12.3. The van der Waals surface area contributed by atoms with Crippen molar-refractivity contribution in [3.8, 4) is 0 Å². The fourth-order valence-electron chi connectivity index (χ4n) is 2.63. The van der Waals surface area contributed by atoms with Crippen LogP contribution < -0.4 is 16.0 Å². The van der Waals surface area contributed by atoms with Gasteiger partial charge in [-0.1, -0.05) is 17.7 Å². The molecule has 1 saturated heterocycles. The predicted octanol–water partition coefficient (Wildman–Crippen LogP) is 1.60. The molecule has 0 bridgehead atoms. The number of nitrogens with zero attached hydrogens (tertiary/aromatic N) is 3. The van der Waals surface area contributed by atoms with Crippen LogP contribution in [0, 0.1) is 0 Å². The first-order chi connectivity index (χ1) is 12.0. The van der Waals surface area contributed by atoms with Crippen molar-refractivity contribution in [1.29, 1.82) is 0 Å². The van der Waals surface area contributed by atoms with E-state index >= 15 is 0 Å². The maximum Gasteiger partial charge on any atom is 0.313 e. The summed E-state index contributed by atoms with van der Waals surface area (Å²) in [4.78, 5) is 32.4. The van der Waals surface area contributed by atoms with Crippen LogP contribution in [0.25, 0.3) is 0 Å². The molecule has 0 atom stereocenters. The van der Waals surface area contributed by atoms with E-state index in [-0.39, 0.29) is 0 Å². The average molecular weight is 360 g/mol. The molecule has 3 rings (SSSR count). The van der Waals surface area contributed by atoms with Crippen LogP contribution in [-0.4, -0.2) is 47.9 Å². The first kappa shape index (κ1) is 17.0. The molecule has 0 unspecified atom stereocenters. The summed E-state index contributed by atoms with van der Waals surface area (Å²) in [6.07, 6.45) is 1.73. The summed E-state index contributed by atoms with van der Waals surface area (Å²) in [7, 11) is 0. The third-order valence-corrected chi connectivity index (χ3v) is 4.29. The summed E-state index contributed by atoms with van der Waals surface area (Å²) in [5.74, 6) is -0.417. The Bertz CT molecular complexity index is 776. The van der Waals surface area contributed by atoms with Crippen molar-refractivity contribution in [2.45, 2.75) is 0 Å². The van der Waals surface area contributed by atoms with E-state index in [0.29, 0.717) is 42.6 Å². The van der Waals surface area contributed by atoms with Crippen molar-refractivity contribution in [1.82, 2.24) is 9.88 Å². The first-order valence-electron chi connectivity index (χ1n) is 7.86. The lowest BCUT2D eigenvalue weighted by Gasteiger charge is -2.35. The Morgan fingerprint density at radius 2 is 1.88 bits per heavy atom. The van der Waals surface area contributed by atoms with Gasteiger partial charge in [0.2, 0.25) is 0 Å². The van der Waals surface area contributed by atoms with Crippen LogP contribution in [-0.2, 0) is 9.59 Å². The highest BCUT2D eigenvalue weighted by Crippen LogP contribution is 2.24. The highest BCUT2D eigenvalue weighted by molar-refractivity contribution is 6.41. The number of halogens is 1. The summed E-state index contributed by atoms with van der Waals surface area (Å²) < 4.78 is 0. The number of anilines is 3. The molecule has 25 heavy (non-hydrogen) atoms. The van der Waals surface area contributed by atoms with E-state index in [2.05, 4.69) is 15.2 Å². The van der Waals surface area contributed by atoms with Crippen molar-refractivity contribution in [2.24, 2.45) is 0 Å². The van der Waals surface area contributed by atoms with Gasteiger partial charge in [-0.15, -0.1) is 0 Å². The minimum Gasteiger partial charge on any atom is -0.399 e. The number of pyridine rings is 1. The van der Waals surface area contributed by atoms with Crippen molar-refractivity contribution in [3.63, 3.8) is 0 Å². The molecule has 1 aliphatic rings. The number of nitrogens with two attached hydrogens (primary N) is 1. The van der Waals surface area contributed by atoms with Gasteiger partial charge in [-0.3, -0.25) is 9.59 Å². The third-order valence-electron chi connectivity index (χ3n) is 3.98. The molecule has 3 N–H and O–H groups in total. The molecular weight excluding hydrogens is 342 g/mol. The van der Waals surface area contributed by atoms with Crippen LogP contribution >= 0.6 is 11.6 Å². The molecule has 8 heteroatoms. The lowest BCUT2D eigenvalue weighted by molar-refractivity contribution is -0.143. The SMILES string of the molecule is Nc1ccc(NC(=O)C(=O)N2CCN(c3ccccn3)CC2)c(Cl)c1. The lowest BCUT2D eigenvalue weighted by Crippen LogP contribution is -2.51. The van der Waals surface area contributed by atoms with Crippen LogP contribution in [0.4, 0.5) is 17.2 Å². The molecule has 2 heterocycles. The quantitative estimate of drug-likeness (QED) is 0.627. The second-order valence-corrected chi connectivity index (χ2v) is 6.07. The molecule has 2 aromatic rings. The van der Waals surface area contributed by atoms with Crippen LogP contribution in [0.5, 0.6) is 0 Å². The Labute approximate surface area is 150 Å².